The summed E-state index contributed by atoms with van der Waals surface area (Å²) < 4.78 is 5.02. The molecular formula is C15H19N3O2S. The SMILES string of the molecule is CCOC(=O)c1cc(N(C)Cc2scnc2C)ccc1N. The summed E-state index contributed by atoms with van der Waals surface area (Å²) >= 11 is 1.63. The van der Waals surface area contributed by atoms with Gasteiger partial charge in [-0.15, -0.1) is 11.3 Å². The van der Waals surface area contributed by atoms with E-state index < -0.39 is 0 Å². The fraction of sp³-hybridized carbons (Fsp3) is 0.333. The Balaban J connectivity index is 2.22. The number of thiazole rings is 1. The first-order valence-electron chi connectivity index (χ1n) is 6.69. The first-order valence-corrected chi connectivity index (χ1v) is 7.57. The summed E-state index contributed by atoms with van der Waals surface area (Å²) in [5.74, 6) is -0.390. The highest BCUT2D eigenvalue weighted by molar-refractivity contribution is 7.09. The number of aromatic nitrogens is 1. The van der Waals surface area contributed by atoms with Gasteiger partial charge in [0.15, 0.2) is 0 Å². The molecule has 1 aromatic carbocycles. The molecule has 0 saturated carbocycles. The normalized spacial score (nSPS) is 10.4. The van der Waals surface area contributed by atoms with Crippen LogP contribution in [0.2, 0.25) is 0 Å². The van der Waals surface area contributed by atoms with Crippen molar-refractivity contribution < 1.29 is 9.53 Å². The van der Waals surface area contributed by atoms with Crippen molar-refractivity contribution >= 4 is 28.7 Å². The molecule has 21 heavy (non-hydrogen) atoms. The second-order valence-electron chi connectivity index (χ2n) is 4.71. The minimum Gasteiger partial charge on any atom is -0.462 e. The average Bonchev–Trinajstić information content (AvgIpc) is 2.85. The summed E-state index contributed by atoms with van der Waals surface area (Å²) in [7, 11) is 1.97. The van der Waals surface area contributed by atoms with Crippen molar-refractivity contribution in [3.63, 3.8) is 0 Å². The number of rotatable bonds is 5. The molecule has 2 N–H and O–H groups in total. The van der Waals surface area contributed by atoms with Gasteiger partial charge in [0.05, 0.1) is 29.9 Å². The summed E-state index contributed by atoms with van der Waals surface area (Å²) in [6.07, 6.45) is 0. The number of esters is 1. The van der Waals surface area contributed by atoms with Gasteiger partial charge < -0.3 is 15.4 Å². The monoisotopic (exact) mass is 305 g/mol. The van der Waals surface area contributed by atoms with Crippen LogP contribution in [-0.4, -0.2) is 24.6 Å². The van der Waals surface area contributed by atoms with Crippen LogP contribution in [0.5, 0.6) is 0 Å². The zero-order valence-electron chi connectivity index (χ0n) is 12.4. The molecule has 0 radical (unpaired) electrons. The van der Waals surface area contributed by atoms with Gasteiger partial charge in [0, 0.05) is 23.3 Å². The Labute approximate surface area is 128 Å². The molecule has 0 fully saturated rings. The van der Waals surface area contributed by atoms with Crippen LogP contribution in [0.25, 0.3) is 0 Å². The molecule has 5 nitrogen and oxygen atoms in total. The van der Waals surface area contributed by atoms with Crippen molar-refractivity contribution in [3.8, 4) is 0 Å². The van der Waals surface area contributed by atoms with Crippen molar-refractivity contribution in [1.29, 1.82) is 0 Å². The van der Waals surface area contributed by atoms with Gasteiger partial charge in [-0.1, -0.05) is 0 Å². The van der Waals surface area contributed by atoms with Crippen LogP contribution in [0.15, 0.2) is 23.7 Å². The third-order valence-corrected chi connectivity index (χ3v) is 4.12. The Hall–Kier alpha value is -2.08. The third-order valence-electron chi connectivity index (χ3n) is 3.20. The second-order valence-corrected chi connectivity index (χ2v) is 5.65. The van der Waals surface area contributed by atoms with Crippen LogP contribution in [0.4, 0.5) is 11.4 Å². The van der Waals surface area contributed by atoms with Crippen LogP contribution >= 0.6 is 11.3 Å². The van der Waals surface area contributed by atoms with Crippen molar-refractivity contribution in [1.82, 2.24) is 4.98 Å². The summed E-state index contributed by atoms with van der Waals surface area (Å²) in [5, 5.41) is 0. The van der Waals surface area contributed by atoms with Gasteiger partial charge in [0.1, 0.15) is 0 Å². The van der Waals surface area contributed by atoms with Gasteiger partial charge in [-0.3, -0.25) is 0 Å². The molecule has 0 bridgehead atoms. The molecule has 112 valence electrons. The molecule has 0 aliphatic heterocycles. The summed E-state index contributed by atoms with van der Waals surface area (Å²) in [6, 6.07) is 5.40. The smallest absolute Gasteiger partial charge is 0.340 e. The first kappa shape index (κ1) is 15.3. The minimum absolute atomic E-state index is 0.332. The average molecular weight is 305 g/mol. The van der Waals surface area contributed by atoms with E-state index in [2.05, 4.69) is 9.88 Å². The number of carbonyl (C=O) groups excluding carboxylic acids is 1. The highest BCUT2D eigenvalue weighted by Gasteiger charge is 2.14. The Morgan fingerprint density at radius 2 is 2.24 bits per heavy atom. The van der Waals surface area contributed by atoms with E-state index in [1.54, 1.807) is 30.4 Å². The fourth-order valence-corrected chi connectivity index (χ4v) is 2.78. The number of benzene rings is 1. The van der Waals surface area contributed by atoms with Gasteiger partial charge in [0.25, 0.3) is 0 Å². The molecule has 0 atom stereocenters. The van der Waals surface area contributed by atoms with Crippen molar-refractivity contribution in [2.24, 2.45) is 0 Å². The number of hydrogen-bond acceptors (Lipinski definition) is 6. The number of hydrogen-bond donors (Lipinski definition) is 1. The topological polar surface area (TPSA) is 68.5 Å². The molecule has 0 spiro atoms. The molecule has 1 aromatic heterocycles. The molecule has 0 aliphatic carbocycles. The van der Waals surface area contributed by atoms with Gasteiger partial charge in [0.2, 0.25) is 0 Å². The predicted octanol–water partition coefficient (Wildman–Crippen LogP) is 2.85. The van der Waals surface area contributed by atoms with Crippen LogP contribution in [0.3, 0.4) is 0 Å². The van der Waals surface area contributed by atoms with Crippen molar-refractivity contribution in [3.05, 3.63) is 39.8 Å². The zero-order chi connectivity index (χ0) is 15.4. The number of aryl methyl sites for hydroxylation is 1. The lowest BCUT2D eigenvalue weighted by atomic mass is 10.1. The summed E-state index contributed by atoms with van der Waals surface area (Å²) in [5.41, 5.74) is 10.5. The first-order chi connectivity index (χ1) is 10.0. The fourth-order valence-electron chi connectivity index (χ4n) is 1.95. The predicted molar refractivity (Wildman–Crippen MR) is 85.8 cm³/mol. The summed E-state index contributed by atoms with van der Waals surface area (Å²) in [4.78, 5) is 19.4. The number of nitrogens with zero attached hydrogens (tertiary/aromatic N) is 2. The Morgan fingerprint density at radius 3 is 2.86 bits per heavy atom. The van der Waals surface area contributed by atoms with E-state index in [9.17, 15) is 4.79 Å². The van der Waals surface area contributed by atoms with Crippen LogP contribution in [-0.2, 0) is 11.3 Å². The Morgan fingerprint density at radius 1 is 1.48 bits per heavy atom. The number of anilines is 2. The maximum absolute atomic E-state index is 11.9. The van der Waals surface area contributed by atoms with E-state index in [4.69, 9.17) is 10.5 Å². The quantitative estimate of drug-likeness (QED) is 0.679. The lowest BCUT2D eigenvalue weighted by molar-refractivity contribution is 0.0527. The third kappa shape index (κ3) is 3.52. The largest absolute Gasteiger partial charge is 0.462 e. The van der Waals surface area contributed by atoms with Gasteiger partial charge in [-0.25, -0.2) is 9.78 Å². The van der Waals surface area contributed by atoms with Crippen LogP contribution in [0, 0.1) is 6.92 Å². The molecule has 6 heteroatoms. The highest BCUT2D eigenvalue weighted by atomic mass is 32.1. The molecule has 0 aliphatic rings. The molecule has 0 amide bonds. The molecule has 0 unspecified atom stereocenters. The zero-order valence-corrected chi connectivity index (χ0v) is 13.2. The highest BCUT2D eigenvalue weighted by Crippen LogP contribution is 2.24. The van der Waals surface area contributed by atoms with E-state index in [1.165, 1.54) is 4.88 Å². The molecular weight excluding hydrogens is 286 g/mol. The molecule has 2 rings (SSSR count). The maximum atomic E-state index is 11.9. The van der Waals surface area contributed by atoms with Gasteiger partial charge in [-0.05, 0) is 32.0 Å². The van der Waals surface area contributed by atoms with E-state index in [1.807, 2.05) is 25.5 Å². The summed E-state index contributed by atoms with van der Waals surface area (Å²) in [6.45, 7) is 4.84. The Kier molecular flexibility index (Phi) is 4.80. The van der Waals surface area contributed by atoms with E-state index in [0.29, 0.717) is 17.9 Å². The van der Waals surface area contributed by atoms with E-state index in [-0.39, 0.29) is 5.97 Å². The van der Waals surface area contributed by atoms with E-state index >= 15 is 0 Å². The second kappa shape index (κ2) is 6.58. The molecule has 2 aromatic rings. The van der Waals surface area contributed by atoms with E-state index in [0.717, 1.165) is 17.9 Å². The minimum atomic E-state index is -0.390. The van der Waals surface area contributed by atoms with Gasteiger partial charge >= 0.3 is 5.97 Å². The van der Waals surface area contributed by atoms with Gasteiger partial charge in [-0.2, -0.15) is 0 Å². The van der Waals surface area contributed by atoms with Crippen molar-refractivity contribution in [2.45, 2.75) is 20.4 Å². The molecule has 1 heterocycles. The lowest BCUT2D eigenvalue weighted by Crippen LogP contribution is -2.17. The standard InChI is InChI=1S/C15H19N3O2S/c1-4-20-15(19)12-7-11(5-6-13(12)16)18(3)8-14-10(2)17-9-21-14/h5-7,9H,4,8,16H2,1-3H3. The maximum Gasteiger partial charge on any atom is 0.340 e. The number of nitrogens with two attached hydrogens (primary N) is 1. The van der Waals surface area contributed by atoms with Crippen molar-refractivity contribution in [2.75, 3.05) is 24.3 Å². The van der Waals surface area contributed by atoms with Crippen LogP contribution in [0.1, 0.15) is 27.9 Å². The van der Waals surface area contributed by atoms with Crippen LogP contribution < -0.4 is 10.6 Å². The Bertz CT molecular complexity index is 640. The number of nitrogen functional groups attached to an aromatic ring is 1. The molecule has 0 saturated heterocycles. The number of carbonyl (C=O) groups is 1. The lowest BCUT2D eigenvalue weighted by Gasteiger charge is -2.20. The number of ether oxygens (including phenoxy) is 1.